The molecule has 0 spiro atoms. The van der Waals surface area contributed by atoms with E-state index in [1.54, 1.807) is 11.6 Å². The van der Waals surface area contributed by atoms with Crippen molar-refractivity contribution in [2.75, 3.05) is 6.54 Å². The summed E-state index contributed by atoms with van der Waals surface area (Å²) in [6.07, 6.45) is 0.786. The van der Waals surface area contributed by atoms with Crippen LogP contribution in [0.5, 0.6) is 0 Å². The molecule has 3 aromatic rings. The van der Waals surface area contributed by atoms with Crippen molar-refractivity contribution in [2.24, 2.45) is 0 Å². The normalized spacial score (nSPS) is 13.4. The second kappa shape index (κ2) is 7.66. The molecule has 0 atom stereocenters. The summed E-state index contributed by atoms with van der Waals surface area (Å²) in [5.41, 5.74) is 5.32. The first kappa shape index (κ1) is 19.1. The monoisotopic (exact) mass is 391 g/mol. The van der Waals surface area contributed by atoms with Crippen LogP contribution >= 0.6 is 0 Å². The zero-order chi connectivity index (χ0) is 20.5. The number of benzene rings is 1. The SMILES string of the molecule is CC(=O)c1c(C)nn(CC(=O)N2CCn3nc(Cc4ccccc4)cc3C2)c1C. The highest BCUT2D eigenvalue weighted by Crippen LogP contribution is 2.18. The number of fused-ring (bicyclic) bond motifs is 1. The topological polar surface area (TPSA) is 73.0 Å². The van der Waals surface area contributed by atoms with E-state index in [1.807, 2.05) is 34.7 Å². The predicted molar refractivity (Wildman–Crippen MR) is 109 cm³/mol. The number of amides is 1. The summed E-state index contributed by atoms with van der Waals surface area (Å²) >= 11 is 0. The first-order valence-electron chi connectivity index (χ1n) is 9.84. The fourth-order valence-electron chi connectivity index (χ4n) is 4.02. The van der Waals surface area contributed by atoms with Gasteiger partial charge in [0.15, 0.2) is 5.78 Å². The van der Waals surface area contributed by atoms with Crippen molar-refractivity contribution < 1.29 is 9.59 Å². The van der Waals surface area contributed by atoms with Crippen molar-refractivity contribution >= 4 is 11.7 Å². The Morgan fingerprint density at radius 2 is 1.83 bits per heavy atom. The molecule has 1 aromatic carbocycles. The Bertz CT molecular complexity index is 1060. The lowest BCUT2D eigenvalue weighted by molar-refractivity contribution is -0.133. The molecule has 7 nitrogen and oxygen atoms in total. The summed E-state index contributed by atoms with van der Waals surface area (Å²) in [5, 5.41) is 9.09. The van der Waals surface area contributed by atoms with Gasteiger partial charge in [0.1, 0.15) is 6.54 Å². The van der Waals surface area contributed by atoms with Gasteiger partial charge in [-0.1, -0.05) is 30.3 Å². The lowest BCUT2D eigenvalue weighted by Crippen LogP contribution is -2.40. The zero-order valence-corrected chi connectivity index (χ0v) is 17.1. The van der Waals surface area contributed by atoms with Gasteiger partial charge in [-0.2, -0.15) is 10.2 Å². The number of aryl methyl sites for hydroxylation is 1. The number of carbonyl (C=O) groups excluding carboxylic acids is 2. The van der Waals surface area contributed by atoms with Crippen LogP contribution in [0, 0.1) is 13.8 Å². The molecule has 0 unspecified atom stereocenters. The minimum absolute atomic E-state index is 0.00256. The van der Waals surface area contributed by atoms with Gasteiger partial charge >= 0.3 is 0 Å². The number of rotatable bonds is 5. The maximum Gasteiger partial charge on any atom is 0.244 e. The van der Waals surface area contributed by atoms with Crippen molar-refractivity contribution in [1.29, 1.82) is 0 Å². The van der Waals surface area contributed by atoms with E-state index in [4.69, 9.17) is 5.10 Å². The molecule has 2 aromatic heterocycles. The Kier molecular flexibility index (Phi) is 5.05. The van der Waals surface area contributed by atoms with Crippen LogP contribution in [0.2, 0.25) is 0 Å². The Labute approximate surface area is 169 Å². The smallest absolute Gasteiger partial charge is 0.244 e. The van der Waals surface area contributed by atoms with E-state index in [0.29, 0.717) is 30.9 Å². The van der Waals surface area contributed by atoms with Gasteiger partial charge in [-0.05, 0) is 32.4 Å². The molecule has 0 radical (unpaired) electrons. The third kappa shape index (κ3) is 3.85. The van der Waals surface area contributed by atoms with E-state index in [2.05, 4.69) is 23.3 Å². The summed E-state index contributed by atoms with van der Waals surface area (Å²) in [6, 6.07) is 12.3. The van der Waals surface area contributed by atoms with Crippen molar-refractivity contribution in [1.82, 2.24) is 24.5 Å². The second-order valence-corrected chi connectivity index (χ2v) is 7.59. The average Bonchev–Trinajstić information content (AvgIpc) is 3.21. The molecule has 1 aliphatic rings. The molecule has 0 fully saturated rings. The van der Waals surface area contributed by atoms with Crippen LogP contribution in [-0.2, 0) is 30.8 Å². The van der Waals surface area contributed by atoms with Gasteiger partial charge in [-0.3, -0.25) is 19.0 Å². The minimum atomic E-state index is -0.0217. The Balaban J connectivity index is 1.45. The van der Waals surface area contributed by atoms with E-state index in [9.17, 15) is 9.59 Å². The molecule has 0 saturated heterocycles. The van der Waals surface area contributed by atoms with Crippen LogP contribution in [0.3, 0.4) is 0 Å². The zero-order valence-electron chi connectivity index (χ0n) is 17.1. The highest BCUT2D eigenvalue weighted by atomic mass is 16.2. The lowest BCUT2D eigenvalue weighted by Gasteiger charge is -2.27. The van der Waals surface area contributed by atoms with Crippen molar-refractivity contribution in [3.05, 3.63) is 70.3 Å². The summed E-state index contributed by atoms with van der Waals surface area (Å²) < 4.78 is 3.64. The Hall–Kier alpha value is -3.22. The fourth-order valence-corrected chi connectivity index (χ4v) is 4.02. The van der Waals surface area contributed by atoms with Gasteiger partial charge in [0.25, 0.3) is 0 Å². The van der Waals surface area contributed by atoms with Crippen LogP contribution in [-0.4, -0.2) is 42.7 Å². The number of carbonyl (C=O) groups is 2. The second-order valence-electron chi connectivity index (χ2n) is 7.59. The van der Waals surface area contributed by atoms with Gasteiger partial charge in [0.05, 0.1) is 35.7 Å². The minimum Gasteiger partial charge on any atom is -0.333 e. The maximum absolute atomic E-state index is 12.9. The van der Waals surface area contributed by atoms with E-state index < -0.39 is 0 Å². The van der Waals surface area contributed by atoms with E-state index in [-0.39, 0.29) is 18.2 Å². The highest BCUT2D eigenvalue weighted by Gasteiger charge is 2.24. The Morgan fingerprint density at radius 3 is 2.52 bits per heavy atom. The molecule has 0 N–H and O–H groups in total. The predicted octanol–water partition coefficient (Wildman–Crippen LogP) is 2.53. The molecule has 4 rings (SSSR count). The van der Waals surface area contributed by atoms with Gasteiger partial charge in [-0.25, -0.2) is 0 Å². The maximum atomic E-state index is 12.9. The van der Waals surface area contributed by atoms with Crippen LogP contribution in [0.4, 0.5) is 0 Å². The number of hydrogen-bond donors (Lipinski definition) is 0. The number of hydrogen-bond acceptors (Lipinski definition) is 4. The van der Waals surface area contributed by atoms with E-state index in [1.165, 1.54) is 12.5 Å². The standard InChI is InChI=1S/C22H25N5O2/c1-15-22(17(3)28)16(2)27(23-15)14-21(29)25-9-10-26-20(13-25)12-19(24-26)11-18-7-5-4-6-8-18/h4-8,12H,9-11,13-14H2,1-3H3. The molecule has 0 saturated carbocycles. The molecular formula is C22H25N5O2. The summed E-state index contributed by atoms with van der Waals surface area (Å²) in [5.74, 6) is -0.0192. The molecular weight excluding hydrogens is 366 g/mol. The molecule has 1 amide bonds. The third-order valence-electron chi connectivity index (χ3n) is 5.45. The molecule has 150 valence electrons. The molecule has 1 aliphatic heterocycles. The van der Waals surface area contributed by atoms with Crippen LogP contribution < -0.4 is 0 Å². The van der Waals surface area contributed by atoms with Gasteiger partial charge < -0.3 is 4.90 Å². The van der Waals surface area contributed by atoms with Gasteiger partial charge in [0, 0.05) is 18.7 Å². The summed E-state index contributed by atoms with van der Waals surface area (Å²) in [6.45, 7) is 7.17. The van der Waals surface area contributed by atoms with Gasteiger partial charge in [0.2, 0.25) is 5.91 Å². The molecule has 0 bridgehead atoms. The van der Waals surface area contributed by atoms with Gasteiger partial charge in [-0.15, -0.1) is 0 Å². The third-order valence-corrected chi connectivity index (χ3v) is 5.45. The first-order valence-corrected chi connectivity index (χ1v) is 9.84. The Morgan fingerprint density at radius 1 is 1.07 bits per heavy atom. The number of Topliss-reactive ketones (excluding diaryl/α,β-unsaturated/α-hetero) is 1. The van der Waals surface area contributed by atoms with E-state index >= 15 is 0 Å². The average molecular weight is 391 g/mol. The van der Waals surface area contributed by atoms with E-state index in [0.717, 1.165) is 23.5 Å². The number of aromatic nitrogens is 4. The largest absolute Gasteiger partial charge is 0.333 e. The van der Waals surface area contributed by atoms with Crippen molar-refractivity contribution in [3.8, 4) is 0 Å². The van der Waals surface area contributed by atoms with Crippen LogP contribution in [0.1, 0.15) is 45.6 Å². The molecule has 3 heterocycles. The molecule has 29 heavy (non-hydrogen) atoms. The number of nitrogens with zero attached hydrogens (tertiary/aromatic N) is 5. The lowest BCUT2D eigenvalue weighted by atomic mass is 10.1. The summed E-state index contributed by atoms with van der Waals surface area (Å²) in [4.78, 5) is 26.5. The number of ketones is 1. The molecule has 7 heteroatoms. The van der Waals surface area contributed by atoms with Crippen molar-refractivity contribution in [3.63, 3.8) is 0 Å². The first-order chi connectivity index (χ1) is 13.9. The van der Waals surface area contributed by atoms with Crippen LogP contribution in [0.15, 0.2) is 36.4 Å². The van der Waals surface area contributed by atoms with Crippen LogP contribution in [0.25, 0.3) is 0 Å². The molecule has 0 aliphatic carbocycles. The fraction of sp³-hybridized carbons (Fsp3) is 0.364. The highest BCUT2D eigenvalue weighted by molar-refractivity contribution is 5.96. The quantitative estimate of drug-likeness (QED) is 0.627. The summed E-state index contributed by atoms with van der Waals surface area (Å²) in [7, 11) is 0. The van der Waals surface area contributed by atoms with Crippen molar-refractivity contribution in [2.45, 2.75) is 46.8 Å².